The summed E-state index contributed by atoms with van der Waals surface area (Å²) in [4.78, 5) is 2.53. The highest BCUT2D eigenvalue weighted by Crippen LogP contribution is 2.09. The van der Waals surface area contributed by atoms with E-state index < -0.39 is 0 Å². The summed E-state index contributed by atoms with van der Waals surface area (Å²) in [6, 6.07) is 7.75. The van der Waals surface area contributed by atoms with E-state index in [0.717, 1.165) is 13.0 Å². The molecule has 1 heterocycles. The first-order valence-corrected chi connectivity index (χ1v) is 7.36. The van der Waals surface area contributed by atoms with Crippen LogP contribution in [0.15, 0.2) is 24.3 Å². The molecule has 2 nitrogen and oxygen atoms in total. The van der Waals surface area contributed by atoms with Gasteiger partial charge in [0.15, 0.2) is 0 Å². The minimum atomic E-state index is -0.160. The van der Waals surface area contributed by atoms with Crippen LogP contribution in [0.5, 0.6) is 0 Å². The predicted molar refractivity (Wildman–Crippen MR) is 77.8 cm³/mol. The molecule has 0 spiro atoms. The Kier molecular flexibility index (Phi) is 5.34. The Morgan fingerprint density at radius 1 is 1.11 bits per heavy atom. The average Bonchev–Trinajstić information content (AvgIpc) is 2.84. The normalized spacial score (nSPS) is 19.5. The number of rotatable bonds is 6. The van der Waals surface area contributed by atoms with Crippen LogP contribution in [0.3, 0.4) is 0 Å². The summed E-state index contributed by atoms with van der Waals surface area (Å²) < 4.78 is 12.8. The molecule has 2 unspecified atom stereocenters. The summed E-state index contributed by atoms with van der Waals surface area (Å²) in [7, 11) is 0. The molecule has 0 amide bonds. The van der Waals surface area contributed by atoms with Gasteiger partial charge in [0.1, 0.15) is 5.82 Å². The van der Waals surface area contributed by atoms with Crippen LogP contribution in [-0.2, 0) is 6.42 Å². The Hall–Kier alpha value is -0.930. The molecule has 1 saturated heterocycles. The zero-order valence-corrected chi connectivity index (χ0v) is 12.0. The smallest absolute Gasteiger partial charge is 0.123 e. The molecule has 0 aromatic heterocycles. The van der Waals surface area contributed by atoms with Crippen molar-refractivity contribution in [2.45, 2.75) is 45.2 Å². The highest BCUT2D eigenvalue weighted by atomic mass is 19.1. The summed E-state index contributed by atoms with van der Waals surface area (Å²) in [5.41, 5.74) is 1.19. The zero-order chi connectivity index (χ0) is 13.7. The lowest BCUT2D eigenvalue weighted by atomic mass is 10.1. The van der Waals surface area contributed by atoms with E-state index in [-0.39, 0.29) is 5.82 Å². The third-order valence-electron chi connectivity index (χ3n) is 3.75. The fourth-order valence-electron chi connectivity index (χ4n) is 2.92. The van der Waals surface area contributed by atoms with Gasteiger partial charge < -0.3 is 10.2 Å². The first-order chi connectivity index (χ1) is 9.13. The van der Waals surface area contributed by atoms with Crippen LogP contribution in [-0.4, -0.2) is 36.6 Å². The summed E-state index contributed by atoms with van der Waals surface area (Å²) in [6.07, 6.45) is 3.64. The van der Waals surface area contributed by atoms with Gasteiger partial charge in [-0.15, -0.1) is 0 Å². The van der Waals surface area contributed by atoms with Crippen LogP contribution in [0.2, 0.25) is 0 Å². The number of halogens is 1. The van der Waals surface area contributed by atoms with E-state index in [1.807, 2.05) is 12.1 Å². The molecule has 1 N–H and O–H groups in total. The van der Waals surface area contributed by atoms with Gasteiger partial charge in [-0.3, -0.25) is 0 Å². The van der Waals surface area contributed by atoms with Crippen molar-refractivity contribution in [1.29, 1.82) is 0 Å². The van der Waals surface area contributed by atoms with E-state index in [9.17, 15) is 4.39 Å². The molecule has 1 fully saturated rings. The van der Waals surface area contributed by atoms with E-state index in [1.165, 1.54) is 43.6 Å². The van der Waals surface area contributed by atoms with Crippen molar-refractivity contribution in [3.05, 3.63) is 35.6 Å². The molecule has 1 aromatic carbocycles. The van der Waals surface area contributed by atoms with Gasteiger partial charge in [-0.25, -0.2) is 4.39 Å². The van der Waals surface area contributed by atoms with Gasteiger partial charge in [-0.1, -0.05) is 12.1 Å². The van der Waals surface area contributed by atoms with Gasteiger partial charge in [-0.05, 0) is 63.9 Å². The molecule has 0 aliphatic carbocycles. The molecule has 1 aromatic rings. The van der Waals surface area contributed by atoms with Gasteiger partial charge in [0, 0.05) is 18.6 Å². The van der Waals surface area contributed by atoms with Gasteiger partial charge in [0.2, 0.25) is 0 Å². The van der Waals surface area contributed by atoms with Crippen molar-refractivity contribution in [1.82, 2.24) is 10.2 Å². The quantitative estimate of drug-likeness (QED) is 0.850. The van der Waals surface area contributed by atoms with Crippen LogP contribution < -0.4 is 5.32 Å². The Balaban J connectivity index is 1.73. The molecule has 1 aliphatic heterocycles. The maximum absolute atomic E-state index is 12.8. The lowest BCUT2D eigenvalue weighted by Crippen LogP contribution is -2.42. The molecule has 3 heteroatoms. The van der Waals surface area contributed by atoms with E-state index >= 15 is 0 Å². The molecular weight excluding hydrogens is 239 g/mol. The third kappa shape index (κ3) is 4.92. The SMILES string of the molecule is CC(Cc1ccc(F)cc1)NC(C)CN1CCCC1. The number of hydrogen-bond donors (Lipinski definition) is 1. The monoisotopic (exact) mass is 264 g/mol. The number of nitrogens with zero attached hydrogens (tertiary/aromatic N) is 1. The first-order valence-electron chi connectivity index (χ1n) is 7.36. The van der Waals surface area contributed by atoms with Crippen LogP contribution in [0.25, 0.3) is 0 Å². The molecule has 0 bridgehead atoms. The van der Waals surface area contributed by atoms with Crippen LogP contribution >= 0.6 is 0 Å². The molecule has 2 atom stereocenters. The molecule has 2 rings (SSSR count). The van der Waals surface area contributed by atoms with Crippen LogP contribution in [0.4, 0.5) is 4.39 Å². The van der Waals surface area contributed by atoms with Gasteiger partial charge >= 0.3 is 0 Å². The maximum atomic E-state index is 12.8. The zero-order valence-electron chi connectivity index (χ0n) is 12.0. The van der Waals surface area contributed by atoms with Crippen molar-refractivity contribution >= 4 is 0 Å². The lowest BCUT2D eigenvalue weighted by molar-refractivity contribution is 0.288. The second kappa shape index (κ2) is 7.01. The number of likely N-dealkylation sites (tertiary alicyclic amines) is 1. The first kappa shape index (κ1) is 14.5. The Morgan fingerprint density at radius 3 is 2.37 bits per heavy atom. The minimum Gasteiger partial charge on any atom is -0.310 e. The van der Waals surface area contributed by atoms with Gasteiger partial charge in [-0.2, -0.15) is 0 Å². The summed E-state index contributed by atoms with van der Waals surface area (Å²) in [5.74, 6) is -0.160. The number of benzene rings is 1. The topological polar surface area (TPSA) is 15.3 Å². The Morgan fingerprint density at radius 2 is 1.74 bits per heavy atom. The highest BCUT2D eigenvalue weighted by Gasteiger charge is 2.15. The van der Waals surface area contributed by atoms with Crippen LogP contribution in [0, 0.1) is 5.82 Å². The molecule has 106 valence electrons. The molecular formula is C16H25FN2. The molecule has 1 aliphatic rings. The third-order valence-corrected chi connectivity index (χ3v) is 3.75. The Bertz CT molecular complexity index is 371. The summed E-state index contributed by atoms with van der Waals surface area (Å²) >= 11 is 0. The predicted octanol–water partition coefficient (Wildman–Crippen LogP) is 2.83. The minimum absolute atomic E-state index is 0.160. The largest absolute Gasteiger partial charge is 0.310 e. The Labute approximate surface area is 116 Å². The van der Waals surface area contributed by atoms with Crippen molar-refractivity contribution in [3.8, 4) is 0 Å². The highest BCUT2D eigenvalue weighted by molar-refractivity contribution is 5.17. The molecule has 0 saturated carbocycles. The molecule has 19 heavy (non-hydrogen) atoms. The number of nitrogens with one attached hydrogen (secondary N) is 1. The second-order valence-corrected chi connectivity index (χ2v) is 5.81. The van der Waals surface area contributed by atoms with Crippen molar-refractivity contribution in [2.75, 3.05) is 19.6 Å². The lowest BCUT2D eigenvalue weighted by Gasteiger charge is -2.24. The fourth-order valence-corrected chi connectivity index (χ4v) is 2.92. The van der Waals surface area contributed by atoms with Crippen molar-refractivity contribution in [2.24, 2.45) is 0 Å². The summed E-state index contributed by atoms with van der Waals surface area (Å²) in [6.45, 7) is 8.08. The molecule has 0 radical (unpaired) electrons. The standard InChI is InChI=1S/C16H25FN2/c1-13(11-15-5-7-16(17)8-6-15)18-14(2)12-19-9-3-4-10-19/h5-8,13-14,18H,3-4,9-12H2,1-2H3. The average molecular weight is 264 g/mol. The fraction of sp³-hybridized carbons (Fsp3) is 0.625. The van der Waals surface area contributed by atoms with Crippen molar-refractivity contribution < 1.29 is 4.39 Å². The van der Waals surface area contributed by atoms with E-state index in [1.54, 1.807) is 0 Å². The van der Waals surface area contributed by atoms with Gasteiger partial charge in [0.25, 0.3) is 0 Å². The van der Waals surface area contributed by atoms with Crippen LogP contribution in [0.1, 0.15) is 32.3 Å². The van der Waals surface area contributed by atoms with Gasteiger partial charge in [0.05, 0.1) is 0 Å². The number of hydrogen-bond acceptors (Lipinski definition) is 2. The summed E-state index contributed by atoms with van der Waals surface area (Å²) in [5, 5.41) is 3.63. The van der Waals surface area contributed by atoms with E-state index in [0.29, 0.717) is 12.1 Å². The van der Waals surface area contributed by atoms with E-state index in [2.05, 4.69) is 24.1 Å². The van der Waals surface area contributed by atoms with E-state index in [4.69, 9.17) is 0 Å². The van der Waals surface area contributed by atoms with Crippen molar-refractivity contribution in [3.63, 3.8) is 0 Å². The maximum Gasteiger partial charge on any atom is 0.123 e. The second-order valence-electron chi connectivity index (χ2n) is 5.81.